The number of hydrogen-bond donors (Lipinski definition) is 1. The van der Waals surface area contributed by atoms with E-state index in [0.717, 1.165) is 16.0 Å². The summed E-state index contributed by atoms with van der Waals surface area (Å²) in [5, 5.41) is 6.84. The number of rotatable bonds is 4. The first-order valence-electron chi connectivity index (χ1n) is 6.00. The summed E-state index contributed by atoms with van der Waals surface area (Å²) in [6.07, 6.45) is 0. The normalized spacial score (nSPS) is 10.7. The molecule has 0 atom stereocenters. The van der Waals surface area contributed by atoms with Crippen molar-refractivity contribution in [1.82, 2.24) is 9.59 Å². The van der Waals surface area contributed by atoms with Gasteiger partial charge >= 0.3 is 0 Å². The molecule has 1 N–H and O–H groups in total. The monoisotopic (exact) mass is 355 g/mol. The Morgan fingerprint density at radius 2 is 2.20 bits per heavy atom. The Morgan fingerprint density at radius 3 is 2.85 bits per heavy atom. The molecule has 5 nitrogen and oxygen atoms in total. The third kappa shape index (κ3) is 3.16. The van der Waals surface area contributed by atoms with Crippen molar-refractivity contribution in [3.63, 3.8) is 0 Å². The summed E-state index contributed by atoms with van der Waals surface area (Å²) >= 11 is 4.47. The van der Waals surface area contributed by atoms with Crippen LogP contribution in [0.25, 0.3) is 0 Å². The summed E-state index contributed by atoms with van der Waals surface area (Å²) < 4.78 is 9.95. The minimum Gasteiger partial charge on any atom is -0.495 e. The molecule has 0 aliphatic carbocycles. The summed E-state index contributed by atoms with van der Waals surface area (Å²) in [6.45, 7) is 3.96. The van der Waals surface area contributed by atoms with Gasteiger partial charge in [-0.05, 0) is 35.6 Å². The fourth-order valence-corrected chi connectivity index (χ4v) is 2.77. The van der Waals surface area contributed by atoms with Gasteiger partial charge in [-0.3, -0.25) is 4.79 Å². The number of carbonyl (C=O) groups is 1. The Bertz CT molecular complexity index is 628. The van der Waals surface area contributed by atoms with Gasteiger partial charge in [0.15, 0.2) is 0 Å². The Balaban J connectivity index is 2.28. The third-order valence-corrected chi connectivity index (χ3v) is 3.91. The van der Waals surface area contributed by atoms with E-state index in [9.17, 15) is 4.79 Å². The number of halogens is 1. The van der Waals surface area contributed by atoms with E-state index in [-0.39, 0.29) is 11.8 Å². The maximum absolute atomic E-state index is 12.3. The maximum Gasteiger partial charge on any atom is 0.269 e. The number of nitrogens with one attached hydrogen (secondary N) is 1. The molecule has 0 bridgehead atoms. The van der Waals surface area contributed by atoms with E-state index in [1.54, 1.807) is 19.2 Å². The molecule has 0 spiro atoms. The van der Waals surface area contributed by atoms with Crippen LogP contribution in [0.5, 0.6) is 5.75 Å². The van der Waals surface area contributed by atoms with Gasteiger partial charge in [0.2, 0.25) is 0 Å². The topological polar surface area (TPSA) is 64.1 Å². The lowest BCUT2D eigenvalue weighted by molar-refractivity contribution is 0.102. The highest BCUT2D eigenvalue weighted by Gasteiger charge is 2.19. The quantitative estimate of drug-likeness (QED) is 0.908. The zero-order valence-corrected chi connectivity index (χ0v) is 13.7. The molecule has 2 rings (SSSR count). The van der Waals surface area contributed by atoms with Crippen molar-refractivity contribution in [3.05, 3.63) is 33.2 Å². The summed E-state index contributed by atoms with van der Waals surface area (Å²) in [4.78, 5) is 12.9. The lowest BCUT2D eigenvalue weighted by Crippen LogP contribution is -2.13. The van der Waals surface area contributed by atoms with Crippen LogP contribution in [0, 0.1) is 0 Å². The number of aromatic nitrogens is 2. The first-order chi connectivity index (χ1) is 9.52. The average molecular weight is 356 g/mol. The molecule has 0 radical (unpaired) electrons. The molecule has 0 aliphatic heterocycles. The summed E-state index contributed by atoms with van der Waals surface area (Å²) in [5.74, 6) is 0.532. The van der Waals surface area contributed by atoms with Crippen molar-refractivity contribution in [2.24, 2.45) is 0 Å². The van der Waals surface area contributed by atoms with Crippen LogP contribution in [0.15, 0.2) is 22.7 Å². The van der Waals surface area contributed by atoms with Gasteiger partial charge in [0, 0.05) is 4.47 Å². The van der Waals surface area contributed by atoms with Gasteiger partial charge < -0.3 is 10.1 Å². The third-order valence-electron chi connectivity index (χ3n) is 2.68. The average Bonchev–Trinajstić information content (AvgIpc) is 2.88. The minimum absolute atomic E-state index is 0.152. The molecule has 20 heavy (non-hydrogen) atoms. The van der Waals surface area contributed by atoms with Crippen LogP contribution in [-0.2, 0) is 0 Å². The largest absolute Gasteiger partial charge is 0.495 e. The zero-order chi connectivity index (χ0) is 14.7. The van der Waals surface area contributed by atoms with Gasteiger partial charge in [-0.15, -0.1) is 5.10 Å². The molecule has 0 unspecified atom stereocenters. The standard InChI is InChI=1S/C13H14BrN3O2S/c1-7(2)11-12(20-17-16-11)13(18)15-9-6-8(14)4-5-10(9)19-3/h4-7H,1-3H3,(H,15,18). The van der Waals surface area contributed by atoms with E-state index in [1.807, 2.05) is 19.9 Å². The summed E-state index contributed by atoms with van der Waals surface area (Å²) in [6, 6.07) is 5.43. The van der Waals surface area contributed by atoms with Crippen LogP contribution >= 0.6 is 27.5 Å². The van der Waals surface area contributed by atoms with Crippen molar-refractivity contribution < 1.29 is 9.53 Å². The second-order valence-corrected chi connectivity index (χ2v) is 6.11. The SMILES string of the molecule is COc1ccc(Br)cc1NC(=O)c1snnc1C(C)C. The smallest absolute Gasteiger partial charge is 0.269 e. The van der Waals surface area contributed by atoms with Gasteiger partial charge in [-0.1, -0.05) is 34.3 Å². The van der Waals surface area contributed by atoms with Crippen molar-refractivity contribution in [2.45, 2.75) is 19.8 Å². The number of anilines is 1. The van der Waals surface area contributed by atoms with Gasteiger partial charge in [-0.25, -0.2) is 0 Å². The number of hydrogen-bond acceptors (Lipinski definition) is 5. The fourth-order valence-electron chi connectivity index (χ4n) is 1.69. The van der Waals surface area contributed by atoms with Gasteiger partial charge in [0.05, 0.1) is 18.5 Å². The predicted octanol–water partition coefficient (Wildman–Crippen LogP) is 3.68. The van der Waals surface area contributed by atoms with Crippen LogP contribution < -0.4 is 10.1 Å². The molecule has 0 saturated heterocycles. The summed E-state index contributed by atoms with van der Waals surface area (Å²) in [7, 11) is 1.56. The highest BCUT2D eigenvalue weighted by atomic mass is 79.9. The van der Waals surface area contributed by atoms with E-state index in [0.29, 0.717) is 22.0 Å². The first-order valence-corrected chi connectivity index (χ1v) is 7.56. The van der Waals surface area contributed by atoms with Crippen LogP contribution in [-0.4, -0.2) is 22.6 Å². The predicted molar refractivity (Wildman–Crippen MR) is 82.6 cm³/mol. The van der Waals surface area contributed by atoms with Gasteiger partial charge in [0.25, 0.3) is 5.91 Å². The number of nitrogens with zero attached hydrogens (tertiary/aromatic N) is 2. The van der Waals surface area contributed by atoms with E-state index in [1.165, 1.54) is 0 Å². The molecule has 7 heteroatoms. The number of benzene rings is 1. The molecule has 1 heterocycles. The highest BCUT2D eigenvalue weighted by molar-refractivity contribution is 9.10. The number of methoxy groups -OCH3 is 1. The molecule has 0 saturated carbocycles. The lowest BCUT2D eigenvalue weighted by atomic mass is 10.1. The van der Waals surface area contributed by atoms with Crippen molar-refractivity contribution in [3.8, 4) is 5.75 Å². The van der Waals surface area contributed by atoms with Crippen LogP contribution in [0.2, 0.25) is 0 Å². The van der Waals surface area contributed by atoms with Crippen LogP contribution in [0.1, 0.15) is 35.1 Å². The molecular weight excluding hydrogens is 342 g/mol. The van der Waals surface area contributed by atoms with Crippen molar-refractivity contribution in [1.29, 1.82) is 0 Å². The molecule has 106 valence electrons. The van der Waals surface area contributed by atoms with Crippen molar-refractivity contribution >= 4 is 39.1 Å². The minimum atomic E-state index is -0.222. The molecule has 0 fully saturated rings. The fraction of sp³-hybridized carbons (Fsp3) is 0.308. The van der Waals surface area contributed by atoms with E-state index >= 15 is 0 Å². The Labute approximate surface area is 129 Å². The second kappa shape index (κ2) is 6.32. The number of ether oxygens (including phenoxy) is 1. The number of carbonyl (C=O) groups excluding carboxylic acids is 1. The Morgan fingerprint density at radius 1 is 1.45 bits per heavy atom. The van der Waals surface area contributed by atoms with Crippen LogP contribution in [0.3, 0.4) is 0 Å². The lowest BCUT2D eigenvalue weighted by Gasteiger charge is -2.10. The molecule has 1 aromatic heterocycles. The Hall–Kier alpha value is -1.47. The van der Waals surface area contributed by atoms with Gasteiger partial charge in [0.1, 0.15) is 10.6 Å². The van der Waals surface area contributed by atoms with Crippen molar-refractivity contribution in [2.75, 3.05) is 12.4 Å². The summed E-state index contributed by atoms with van der Waals surface area (Å²) in [5.41, 5.74) is 1.32. The molecule has 1 amide bonds. The molecule has 1 aromatic carbocycles. The second-order valence-electron chi connectivity index (χ2n) is 4.44. The zero-order valence-electron chi connectivity index (χ0n) is 11.3. The number of amides is 1. The van der Waals surface area contributed by atoms with Gasteiger partial charge in [-0.2, -0.15) is 0 Å². The molecular formula is C13H14BrN3O2S. The van der Waals surface area contributed by atoms with Crippen LogP contribution in [0.4, 0.5) is 5.69 Å². The Kier molecular flexibility index (Phi) is 4.72. The molecule has 0 aliphatic rings. The van der Waals surface area contributed by atoms with E-state index < -0.39 is 0 Å². The first kappa shape index (κ1) is 14.9. The highest BCUT2D eigenvalue weighted by Crippen LogP contribution is 2.29. The molecule has 2 aromatic rings. The maximum atomic E-state index is 12.3. The van der Waals surface area contributed by atoms with E-state index in [4.69, 9.17) is 4.74 Å². The van der Waals surface area contributed by atoms with E-state index in [2.05, 4.69) is 30.8 Å².